The standard InChI is InChI=1S/C14H26N2O2.ClH/c1-13(6-3-4-7-13)12(17)15-10-14(11-18-2)8-5-9-16-14;/h16H,3-11H2,1-2H3,(H,15,17);1H. The third-order valence-electron chi connectivity index (χ3n) is 4.60. The first-order chi connectivity index (χ1) is 8.60. The molecule has 2 aliphatic rings. The SMILES string of the molecule is COCC1(CNC(=O)C2(C)CCCC2)CCCN1.Cl. The summed E-state index contributed by atoms with van der Waals surface area (Å²) in [6, 6.07) is 0. The van der Waals surface area contributed by atoms with Crippen molar-refractivity contribution in [2.75, 3.05) is 26.8 Å². The summed E-state index contributed by atoms with van der Waals surface area (Å²) in [7, 11) is 1.72. The Morgan fingerprint density at radius 1 is 1.26 bits per heavy atom. The third kappa shape index (κ3) is 3.83. The molecule has 1 unspecified atom stereocenters. The Balaban J connectivity index is 0.00000180. The summed E-state index contributed by atoms with van der Waals surface area (Å²) < 4.78 is 5.30. The molecule has 4 nitrogen and oxygen atoms in total. The summed E-state index contributed by atoms with van der Waals surface area (Å²) in [6.45, 7) is 4.48. The van der Waals surface area contributed by atoms with Crippen molar-refractivity contribution in [3.63, 3.8) is 0 Å². The van der Waals surface area contributed by atoms with Gasteiger partial charge in [-0.3, -0.25) is 4.79 Å². The normalized spacial score (nSPS) is 28.9. The Hall–Kier alpha value is -0.320. The van der Waals surface area contributed by atoms with Gasteiger partial charge in [0.05, 0.1) is 12.1 Å². The highest BCUT2D eigenvalue weighted by Crippen LogP contribution is 2.37. The number of nitrogens with one attached hydrogen (secondary N) is 2. The van der Waals surface area contributed by atoms with E-state index in [2.05, 4.69) is 17.6 Å². The molecule has 1 heterocycles. The lowest BCUT2D eigenvalue weighted by atomic mass is 9.87. The molecule has 112 valence electrons. The number of halogens is 1. The second-order valence-corrected chi connectivity index (χ2v) is 6.19. The zero-order valence-electron chi connectivity index (χ0n) is 12.1. The Kier molecular flexibility index (Phi) is 6.09. The summed E-state index contributed by atoms with van der Waals surface area (Å²) >= 11 is 0. The molecule has 19 heavy (non-hydrogen) atoms. The zero-order valence-corrected chi connectivity index (χ0v) is 12.9. The third-order valence-corrected chi connectivity index (χ3v) is 4.60. The highest BCUT2D eigenvalue weighted by atomic mass is 35.5. The van der Waals surface area contributed by atoms with E-state index in [4.69, 9.17) is 4.74 Å². The molecule has 5 heteroatoms. The van der Waals surface area contributed by atoms with Crippen molar-refractivity contribution in [3.8, 4) is 0 Å². The molecule has 1 aliphatic carbocycles. The first kappa shape index (κ1) is 16.7. The topological polar surface area (TPSA) is 50.4 Å². The lowest BCUT2D eigenvalue weighted by Crippen LogP contribution is -2.54. The van der Waals surface area contributed by atoms with E-state index < -0.39 is 0 Å². The van der Waals surface area contributed by atoms with Gasteiger partial charge in [0.2, 0.25) is 5.91 Å². The number of carbonyl (C=O) groups excluding carboxylic acids is 1. The van der Waals surface area contributed by atoms with Crippen molar-refractivity contribution in [1.29, 1.82) is 0 Å². The van der Waals surface area contributed by atoms with Gasteiger partial charge in [0.25, 0.3) is 0 Å². The molecule has 2 N–H and O–H groups in total. The quantitative estimate of drug-likeness (QED) is 0.813. The first-order valence-corrected chi connectivity index (χ1v) is 7.13. The van der Waals surface area contributed by atoms with Crippen molar-refractivity contribution >= 4 is 18.3 Å². The van der Waals surface area contributed by atoms with Crippen LogP contribution in [-0.2, 0) is 9.53 Å². The van der Waals surface area contributed by atoms with Gasteiger partial charge in [0.15, 0.2) is 0 Å². The zero-order chi connectivity index (χ0) is 13.1. The van der Waals surface area contributed by atoms with E-state index in [-0.39, 0.29) is 29.3 Å². The smallest absolute Gasteiger partial charge is 0.226 e. The molecule has 1 amide bonds. The Morgan fingerprint density at radius 2 is 1.95 bits per heavy atom. The van der Waals surface area contributed by atoms with Crippen molar-refractivity contribution in [1.82, 2.24) is 10.6 Å². The van der Waals surface area contributed by atoms with Crippen LogP contribution in [0.15, 0.2) is 0 Å². The van der Waals surface area contributed by atoms with Crippen LogP contribution in [-0.4, -0.2) is 38.3 Å². The van der Waals surface area contributed by atoms with E-state index >= 15 is 0 Å². The van der Waals surface area contributed by atoms with Crippen LogP contribution in [0.4, 0.5) is 0 Å². The number of amides is 1. The van der Waals surface area contributed by atoms with Gasteiger partial charge in [-0.2, -0.15) is 0 Å². The molecule has 0 bridgehead atoms. The number of methoxy groups -OCH3 is 1. The average Bonchev–Trinajstić information content (AvgIpc) is 2.98. The maximum Gasteiger partial charge on any atom is 0.226 e. The second-order valence-electron chi connectivity index (χ2n) is 6.19. The minimum absolute atomic E-state index is 0. The highest BCUT2D eigenvalue weighted by molar-refractivity contribution is 5.85. The van der Waals surface area contributed by atoms with Crippen LogP contribution < -0.4 is 10.6 Å². The van der Waals surface area contributed by atoms with Crippen LogP contribution >= 0.6 is 12.4 Å². The summed E-state index contributed by atoms with van der Waals surface area (Å²) in [5.74, 6) is 0.226. The highest BCUT2D eigenvalue weighted by Gasteiger charge is 2.39. The molecule has 0 spiro atoms. The average molecular weight is 291 g/mol. The van der Waals surface area contributed by atoms with E-state index in [1.54, 1.807) is 7.11 Å². The van der Waals surface area contributed by atoms with E-state index in [1.165, 1.54) is 12.8 Å². The molecule has 1 saturated heterocycles. The summed E-state index contributed by atoms with van der Waals surface area (Å²) in [4.78, 5) is 12.3. The molecule has 1 atom stereocenters. The largest absolute Gasteiger partial charge is 0.383 e. The van der Waals surface area contributed by atoms with Gasteiger partial charge in [0, 0.05) is 19.1 Å². The van der Waals surface area contributed by atoms with Gasteiger partial charge in [-0.25, -0.2) is 0 Å². The lowest BCUT2D eigenvalue weighted by molar-refractivity contribution is -0.130. The fourth-order valence-electron chi connectivity index (χ4n) is 3.32. The van der Waals surface area contributed by atoms with Crippen LogP contribution in [0.25, 0.3) is 0 Å². The lowest BCUT2D eigenvalue weighted by Gasteiger charge is -2.31. The number of rotatable bonds is 5. The summed E-state index contributed by atoms with van der Waals surface area (Å²) in [5, 5.41) is 6.64. The fraction of sp³-hybridized carbons (Fsp3) is 0.929. The molecule has 2 fully saturated rings. The van der Waals surface area contributed by atoms with Crippen LogP contribution in [0, 0.1) is 5.41 Å². The first-order valence-electron chi connectivity index (χ1n) is 7.13. The van der Waals surface area contributed by atoms with E-state index in [9.17, 15) is 4.79 Å². The molecular weight excluding hydrogens is 264 g/mol. The van der Waals surface area contributed by atoms with Crippen molar-refractivity contribution in [2.45, 2.75) is 51.0 Å². The Labute approximate surface area is 122 Å². The van der Waals surface area contributed by atoms with Gasteiger partial charge >= 0.3 is 0 Å². The summed E-state index contributed by atoms with van der Waals surface area (Å²) in [5.41, 5.74) is -0.174. The predicted molar refractivity (Wildman–Crippen MR) is 78.7 cm³/mol. The van der Waals surface area contributed by atoms with Crippen molar-refractivity contribution < 1.29 is 9.53 Å². The molecule has 1 saturated carbocycles. The number of hydrogen-bond acceptors (Lipinski definition) is 3. The van der Waals surface area contributed by atoms with E-state index in [1.807, 2.05) is 0 Å². The van der Waals surface area contributed by atoms with Crippen molar-refractivity contribution in [3.05, 3.63) is 0 Å². The van der Waals surface area contributed by atoms with Gasteiger partial charge in [-0.15, -0.1) is 12.4 Å². The fourth-order valence-corrected chi connectivity index (χ4v) is 3.32. The van der Waals surface area contributed by atoms with Gasteiger partial charge in [-0.1, -0.05) is 19.8 Å². The molecule has 0 aromatic carbocycles. The molecular formula is C14H27ClN2O2. The maximum absolute atomic E-state index is 12.3. The minimum Gasteiger partial charge on any atom is -0.383 e. The van der Waals surface area contributed by atoms with Crippen LogP contribution in [0.3, 0.4) is 0 Å². The van der Waals surface area contributed by atoms with E-state index in [0.717, 1.165) is 32.2 Å². The minimum atomic E-state index is -0.132. The Bertz CT molecular complexity index is 298. The monoisotopic (exact) mass is 290 g/mol. The number of carbonyl (C=O) groups is 1. The molecule has 0 aromatic heterocycles. The van der Waals surface area contributed by atoms with Gasteiger partial charge in [0.1, 0.15) is 0 Å². The van der Waals surface area contributed by atoms with Gasteiger partial charge < -0.3 is 15.4 Å². The molecule has 0 aromatic rings. The van der Waals surface area contributed by atoms with Crippen molar-refractivity contribution in [2.24, 2.45) is 5.41 Å². The number of ether oxygens (including phenoxy) is 1. The van der Waals surface area contributed by atoms with Crippen LogP contribution in [0.2, 0.25) is 0 Å². The van der Waals surface area contributed by atoms with Gasteiger partial charge in [-0.05, 0) is 32.2 Å². The molecule has 0 radical (unpaired) electrons. The second kappa shape index (κ2) is 6.91. The molecule has 2 rings (SSSR count). The van der Waals surface area contributed by atoms with Crippen LogP contribution in [0.1, 0.15) is 45.4 Å². The predicted octanol–water partition coefficient (Wildman–Crippen LogP) is 1.87. The maximum atomic E-state index is 12.3. The van der Waals surface area contributed by atoms with E-state index in [0.29, 0.717) is 13.2 Å². The van der Waals surface area contributed by atoms with Crippen LogP contribution in [0.5, 0.6) is 0 Å². The number of hydrogen-bond donors (Lipinski definition) is 2. The summed E-state index contributed by atoms with van der Waals surface area (Å²) in [6.07, 6.45) is 6.68. The molecule has 1 aliphatic heterocycles. The Morgan fingerprint density at radius 3 is 2.47 bits per heavy atom.